The van der Waals surface area contributed by atoms with E-state index in [2.05, 4.69) is 0 Å². The van der Waals surface area contributed by atoms with Crippen LogP contribution in [0.4, 0.5) is 0 Å². The number of ether oxygens (including phenoxy) is 1. The molecule has 0 saturated heterocycles. The van der Waals surface area contributed by atoms with E-state index < -0.39 is 22.4 Å². The summed E-state index contributed by atoms with van der Waals surface area (Å²) in [5.41, 5.74) is 0. The van der Waals surface area contributed by atoms with Gasteiger partial charge in [0.1, 0.15) is 5.75 Å². The van der Waals surface area contributed by atoms with Crippen molar-refractivity contribution in [2.45, 2.75) is 14.7 Å². The van der Waals surface area contributed by atoms with Gasteiger partial charge in [-0.05, 0) is 42.5 Å². The first-order valence-corrected chi connectivity index (χ1v) is 9.46. The molecule has 122 valence electrons. The highest BCUT2D eigenvalue weighted by molar-refractivity contribution is 7.99. The predicted octanol–water partition coefficient (Wildman–Crippen LogP) is 3.36. The Kier molecular flexibility index (Phi) is 5.56. The zero-order valence-corrected chi connectivity index (χ0v) is 14.4. The van der Waals surface area contributed by atoms with Gasteiger partial charge in [-0.25, -0.2) is 13.2 Å². The first-order chi connectivity index (χ1) is 10.8. The van der Waals surface area contributed by atoms with Crippen LogP contribution in [-0.4, -0.2) is 32.4 Å². The fourth-order valence-electron chi connectivity index (χ4n) is 1.70. The quantitative estimate of drug-likeness (QED) is 0.837. The van der Waals surface area contributed by atoms with E-state index in [-0.39, 0.29) is 4.90 Å². The number of halogens is 1. The van der Waals surface area contributed by atoms with Crippen molar-refractivity contribution in [2.75, 3.05) is 12.9 Å². The van der Waals surface area contributed by atoms with Gasteiger partial charge in [0.2, 0.25) is 0 Å². The number of aliphatic carboxylic acids is 1. The SMILES string of the molecule is CS(=O)(=O)c1ccc(Sc2cc(Cl)ccc2OCC(=O)O)cc1. The molecule has 0 amide bonds. The molecule has 23 heavy (non-hydrogen) atoms. The Morgan fingerprint density at radius 3 is 2.43 bits per heavy atom. The second-order valence-corrected chi connectivity index (χ2v) is 8.19. The van der Waals surface area contributed by atoms with Crippen molar-refractivity contribution in [1.29, 1.82) is 0 Å². The van der Waals surface area contributed by atoms with E-state index in [1.165, 1.54) is 23.9 Å². The van der Waals surface area contributed by atoms with Crippen LogP contribution in [0.25, 0.3) is 0 Å². The van der Waals surface area contributed by atoms with Crippen LogP contribution in [0.15, 0.2) is 57.2 Å². The first kappa shape index (κ1) is 17.7. The van der Waals surface area contributed by atoms with Crippen molar-refractivity contribution in [3.63, 3.8) is 0 Å². The summed E-state index contributed by atoms with van der Waals surface area (Å²) in [5.74, 6) is -0.678. The summed E-state index contributed by atoms with van der Waals surface area (Å²) >= 11 is 7.27. The van der Waals surface area contributed by atoms with E-state index in [0.717, 1.165) is 11.2 Å². The standard InChI is InChI=1S/C15H13ClO5S2/c1-23(19,20)12-5-3-11(4-6-12)22-14-8-10(16)2-7-13(14)21-9-15(17)18/h2-8H,9H2,1H3,(H,17,18). The molecule has 8 heteroatoms. The average Bonchev–Trinajstić information content (AvgIpc) is 2.46. The molecule has 0 saturated carbocycles. The summed E-state index contributed by atoms with van der Waals surface area (Å²) < 4.78 is 28.1. The lowest BCUT2D eigenvalue weighted by Crippen LogP contribution is -2.09. The van der Waals surface area contributed by atoms with Crippen molar-refractivity contribution in [2.24, 2.45) is 0 Å². The van der Waals surface area contributed by atoms with Crippen LogP contribution < -0.4 is 4.74 Å². The molecule has 0 aromatic heterocycles. The second-order valence-electron chi connectivity index (χ2n) is 4.62. The zero-order chi connectivity index (χ0) is 17.0. The smallest absolute Gasteiger partial charge is 0.341 e. The summed E-state index contributed by atoms with van der Waals surface area (Å²) in [6.45, 7) is -0.456. The molecule has 2 aromatic rings. The fraction of sp³-hybridized carbons (Fsp3) is 0.133. The lowest BCUT2D eigenvalue weighted by Gasteiger charge is -2.10. The Hall–Kier alpha value is -1.70. The predicted molar refractivity (Wildman–Crippen MR) is 88.3 cm³/mol. The molecule has 5 nitrogen and oxygen atoms in total. The summed E-state index contributed by atoms with van der Waals surface area (Å²) in [4.78, 5) is 12.3. The van der Waals surface area contributed by atoms with E-state index in [0.29, 0.717) is 15.7 Å². The third-order valence-electron chi connectivity index (χ3n) is 2.74. The lowest BCUT2D eigenvalue weighted by atomic mass is 10.3. The molecular weight excluding hydrogens is 360 g/mol. The lowest BCUT2D eigenvalue weighted by molar-refractivity contribution is -0.139. The Balaban J connectivity index is 2.25. The van der Waals surface area contributed by atoms with Crippen molar-refractivity contribution >= 4 is 39.2 Å². The summed E-state index contributed by atoms with van der Waals surface area (Å²) in [6, 6.07) is 11.2. The molecule has 0 bridgehead atoms. The number of carboxylic acid groups (broad SMARTS) is 1. The van der Waals surface area contributed by atoms with Crippen LogP contribution in [-0.2, 0) is 14.6 Å². The van der Waals surface area contributed by atoms with Crippen molar-refractivity contribution in [3.05, 3.63) is 47.5 Å². The zero-order valence-electron chi connectivity index (χ0n) is 12.0. The molecule has 2 rings (SSSR count). The van der Waals surface area contributed by atoms with E-state index in [1.54, 1.807) is 30.3 Å². The van der Waals surface area contributed by atoms with Crippen molar-refractivity contribution in [3.8, 4) is 5.75 Å². The minimum absolute atomic E-state index is 0.232. The number of rotatable bonds is 6. The molecule has 1 N–H and O–H groups in total. The molecule has 0 atom stereocenters. The third kappa shape index (κ3) is 5.16. The van der Waals surface area contributed by atoms with Gasteiger partial charge in [0.25, 0.3) is 0 Å². The van der Waals surface area contributed by atoms with Gasteiger partial charge in [-0.2, -0.15) is 0 Å². The number of hydrogen-bond acceptors (Lipinski definition) is 5. The van der Waals surface area contributed by atoms with Crippen LogP contribution in [0.1, 0.15) is 0 Å². The molecule has 0 aliphatic rings. The Morgan fingerprint density at radius 2 is 1.87 bits per heavy atom. The van der Waals surface area contributed by atoms with Crippen LogP contribution in [0.2, 0.25) is 5.02 Å². The largest absolute Gasteiger partial charge is 0.481 e. The fourth-order valence-corrected chi connectivity index (χ4v) is 3.51. The van der Waals surface area contributed by atoms with E-state index >= 15 is 0 Å². The molecular formula is C15H13ClO5S2. The van der Waals surface area contributed by atoms with Crippen LogP contribution in [0, 0.1) is 0 Å². The van der Waals surface area contributed by atoms with Gasteiger partial charge in [-0.1, -0.05) is 23.4 Å². The van der Waals surface area contributed by atoms with Crippen LogP contribution in [0.5, 0.6) is 5.75 Å². The minimum Gasteiger partial charge on any atom is -0.481 e. The number of sulfone groups is 1. The average molecular weight is 373 g/mol. The number of benzene rings is 2. The summed E-state index contributed by atoms with van der Waals surface area (Å²) in [6.07, 6.45) is 1.14. The van der Waals surface area contributed by atoms with Gasteiger partial charge in [-0.3, -0.25) is 0 Å². The maximum Gasteiger partial charge on any atom is 0.341 e. The Bertz CT molecular complexity index is 816. The van der Waals surface area contributed by atoms with Gasteiger partial charge in [0, 0.05) is 16.2 Å². The molecule has 0 unspecified atom stereocenters. The highest BCUT2D eigenvalue weighted by Gasteiger charge is 2.11. The number of hydrogen-bond donors (Lipinski definition) is 1. The van der Waals surface area contributed by atoms with E-state index in [1.807, 2.05) is 0 Å². The highest BCUT2D eigenvalue weighted by Crippen LogP contribution is 2.37. The first-order valence-electron chi connectivity index (χ1n) is 6.38. The Morgan fingerprint density at radius 1 is 1.22 bits per heavy atom. The monoisotopic (exact) mass is 372 g/mol. The second kappa shape index (κ2) is 7.25. The molecule has 2 aromatic carbocycles. The number of carbonyl (C=O) groups is 1. The van der Waals surface area contributed by atoms with Crippen LogP contribution >= 0.6 is 23.4 Å². The number of carboxylic acids is 1. The molecule has 0 spiro atoms. The normalized spacial score (nSPS) is 11.2. The molecule has 0 aliphatic heterocycles. The topological polar surface area (TPSA) is 80.7 Å². The summed E-state index contributed by atoms with van der Waals surface area (Å²) in [5, 5.41) is 9.19. The minimum atomic E-state index is -3.25. The maximum atomic E-state index is 11.5. The summed E-state index contributed by atoms with van der Waals surface area (Å²) in [7, 11) is -3.25. The molecule has 0 heterocycles. The highest BCUT2D eigenvalue weighted by atomic mass is 35.5. The van der Waals surface area contributed by atoms with E-state index in [4.69, 9.17) is 21.4 Å². The molecule has 0 radical (unpaired) electrons. The third-order valence-corrected chi connectivity index (χ3v) is 5.15. The van der Waals surface area contributed by atoms with E-state index in [9.17, 15) is 13.2 Å². The van der Waals surface area contributed by atoms with Gasteiger partial charge >= 0.3 is 5.97 Å². The van der Waals surface area contributed by atoms with Crippen LogP contribution in [0.3, 0.4) is 0 Å². The maximum absolute atomic E-state index is 11.5. The Labute approximate surface area is 143 Å². The molecule has 0 aliphatic carbocycles. The van der Waals surface area contributed by atoms with Crippen molar-refractivity contribution < 1.29 is 23.1 Å². The molecule has 0 fully saturated rings. The van der Waals surface area contributed by atoms with Gasteiger partial charge in [0.15, 0.2) is 16.4 Å². The van der Waals surface area contributed by atoms with Gasteiger partial charge in [-0.15, -0.1) is 0 Å². The van der Waals surface area contributed by atoms with Gasteiger partial charge in [0.05, 0.1) is 9.79 Å². The van der Waals surface area contributed by atoms with Crippen molar-refractivity contribution in [1.82, 2.24) is 0 Å². The van der Waals surface area contributed by atoms with Gasteiger partial charge < -0.3 is 9.84 Å².